The number of nitro groups is 1. The molecule has 8 heteroatoms. The van der Waals surface area contributed by atoms with Crippen LogP contribution in [0, 0.1) is 10.1 Å². The summed E-state index contributed by atoms with van der Waals surface area (Å²) in [4.78, 5) is 9.41. The fourth-order valence-corrected chi connectivity index (χ4v) is 2.12. The van der Waals surface area contributed by atoms with E-state index in [0.717, 1.165) is 24.3 Å². The van der Waals surface area contributed by atoms with E-state index in [1.807, 2.05) is 0 Å². The van der Waals surface area contributed by atoms with Crippen LogP contribution in [0.1, 0.15) is 0 Å². The number of rotatable bonds is 2. The largest absolute Gasteiger partial charge is 0.868 e. The second-order valence-electron chi connectivity index (χ2n) is 3.51. The zero-order chi connectivity index (χ0) is 13.5. The van der Waals surface area contributed by atoms with Crippen LogP contribution in [-0.4, -0.2) is 17.9 Å². The third-order valence-electron chi connectivity index (χ3n) is 2.40. The van der Waals surface area contributed by atoms with Gasteiger partial charge in [0.2, 0.25) is 0 Å². The van der Waals surface area contributed by atoms with Gasteiger partial charge in [0, 0.05) is 0 Å². The molecule has 2 aromatic carbocycles. The van der Waals surface area contributed by atoms with Crippen LogP contribution in [0.5, 0.6) is 5.75 Å². The first-order valence-corrected chi connectivity index (χ1v) is 6.05. The predicted molar refractivity (Wildman–Crippen MR) is 58.0 cm³/mol. The van der Waals surface area contributed by atoms with Crippen LogP contribution in [0.2, 0.25) is 0 Å². The van der Waals surface area contributed by atoms with E-state index in [9.17, 15) is 28.2 Å². The quantitative estimate of drug-likeness (QED) is 0.448. The van der Waals surface area contributed by atoms with Crippen molar-refractivity contribution in [3.8, 4) is 5.75 Å². The van der Waals surface area contributed by atoms with Gasteiger partial charge in [-0.15, -0.1) is 0 Å². The number of hydrogen-bond acceptors (Lipinski definition) is 6. The molecular formula is C10H5NO6S-2. The lowest BCUT2D eigenvalue weighted by Gasteiger charge is -2.11. The summed E-state index contributed by atoms with van der Waals surface area (Å²) >= 11 is 0. The van der Waals surface area contributed by atoms with Crippen molar-refractivity contribution in [2.75, 3.05) is 0 Å². The number of fused-ring (bicyclic) bond motifs is 1. The molecule has 0 aliphatic heterocycles. The molecule has 7 nitrogen and oxygen atoms in total. The summed E-state index contributed by atoms with van der Waals surface area (Å²) in [6.07, 6.45) is 0. The van der Waals surface area contributed by atoms with Gasteiger partial charge in [0.1, 0.15) is 10.1 Å². The normalized spacial score (nSPS) is 11.6. The van der Waals surface area contributed by atoms with Crippen LogP contribution in [-0.2, 0) is 10.1 Å². The molecular weight excluding hydrogens is 262 g/mol. The maximum atomic E-state index is 11.3. The molecule has 0 aliphatic carbocycles. The zero-order valence-electron chi connectivity index (χ0n) is 8.69. The minimum atomic E-state index is -4.64. The molecule has 0 heterocycles. The lowest BCUT2D eigenvalue weighted by molar-refractivity contribution is -0.396. The summed E-state index contributed by atoms with van der Waals surface area (Å²) in [5, 5.41) is 22.2. The molecule has 0 amide bonds. The van der Waals surface area contributed by atoms with Crippen molar-refractivity contribution < 1.29 is 23.0 Å². The SMILES string of the molecule is O=[N+]([O-])c1c([O-])ccc2cc(S(=O)(=O)[O-])ccc12. The third-order valence-corrected chi connectivity index (χ3v) is 3.23. The van der Waals surface area contributed by atoms with Crippen LogP contribution in [0.4, 0.5) is 5.69 Å². The second kappa shape index (κ2) is 3.93. The van der Waals surface area contributed by atoms with Gasteiger partial charge in [-0.25, -0.2) is 8.42 Å². The van der Waals surface area contributed by atoms with Crippen LogP contribution in [0.3, 0.4) is 0 Å². The Morgan fingerprint density at radius 2 is 1.78 bits per heavy atom. The molecule has 0 radical (unpaired) electrons. The van der Waals surface area contributed by atoms with Gasteiger partial charge in [-0.1, -0.05) is 12.1 Å². The van der Waals surface area contributed by atoms with Crippen molar-refractivity contribution in [1.82, 2.24) is 0 Å². The molecule has 0 spiro atoms. The number of nitro benzene ring substituents is 1. The van der Waals surface area contributed by atoms with E-state index in [2.05, 4.69) is 0 Å². The molecule has 0 atom stereocenters. The van der Waals surface area contributed by atoms with E-state index in [4.69, 9.17) is 0 Å². The van der Waals surface area contributed by atoms with E-state index in [-0.39, 0.29) is 10.8 Å². The van der Waals surface area contributed by atoms with E-state index in [0.29, 0.717) is 0 Å². The molecule has 0 unspecified atom stereocenters. The van der Waals surface area contributed by atoms with Crippen LogP contribution >= 0.6 is 0 Å². The van der Waals surface area contributed by atoms with Crippen LogP contribution in [0.25, 0.3) is 10.8 Å². The highest BCUT2D eigenvalue weighted by molar-refractivity contribution is 7.85. The lowest BCUT2D eigenvalue weighted by atomic mass is 10.1. The zero-order valence-corrected chi connectivity index (χ0v) is 9.51. The molecule has 0 aliphatic rings. The Kier molecular flexibility index (Phi) is 2.68. The summed E-state index contributed by atoms with van der Waals surface area (Å²) in [5.74, 6) is -0.773. The standard InChI is InChI=1S/C10H7NO6S/c12-9-4-1-6-5-7(18(15,16)17)2-3-8(6)10(9)11(13)14/h1-5,12H,(H,15,16,17)/p-2. The summed E-state index contributed by atoms with van der Waals surface area (Å²) in [7, 11) is -4.64. The molecule has 0 fully saturated rings. The predicted octanol–water partition coefficient (Wildman–Crippen LogP) is 0.726. The minimum absolute atomic E-state index is 0.0000926. The van der Waals surface area contributed by atoms with Gasteiger partial charge in [0.25, 0.3) is 5.69 Å². The maximum Gasteiger partial charge on any atom is 0.269 e. The Labute approximate surface area is 101 Å². The molecule has 0 saturated carbocycles. The van der Waals surface area contributed by atoms with Crippen molar-refractivity contribution in [3.63, 3.8) is 0 Å². The highest BCUT2D eigenvalue weighted by Gasteiger charge is 2.14. The average molecular weight is 267 g/mol. The van der Waals surface area contributed by atoms with Crippen LogP contribution < -0.4 is 5.11 Å². The van der Waals surface area contributed by atoms with Crippen molar-refractivity contribution in [2.45, 2.75) is 4.90 Å². The Morgan fingerprint density at radius 1 is 1.11 bits per heavy atom. The van der Waals surface area contributed by atoms with Gasteiger partial charge >= 0.3 is 0 Å². The fraction of sp³-hybridized carbons (Fsp3) is 0. The Morgan fingerprint density at radius 3 is 2.33 bits per heavy atom. The van der Waals surface area contributed by atoms with E-state index >= 15 is 0 Å². The van der Waals surface area contributed by atoms with E-state index < -0.39 is 31.4 Å². The van der Waals surface area contributed by atoms with Gasteiger partial charge in [-0.3, -0.25) is 10.1 Å². The molecule has 94 valence electrons. The lowest BCUT2D eigenvalue weighted by Crippen LogP contribution is -2.00. The van der Waals surface area contributed by atoms with Gasteiger partial charge in [0.15, 0.2) is 0 Å². The highest BCUT2D eigenvalue weighted by Crippen LogP contribution is 2.33. The average Bonchev–Trinajstić information content (AvgIpc) is 2.26. The minimum Gasteiger partial charge on any atom is -0.868 e. The summed E-state index contributed by atoms with van der Waals surface area (Å²) in [6, 6.07) is 5.22. The number of nitrogens with zero attached hydrogens (tertiary/aromatic N) is 1. The van der Waals surface area contributed by atoms with E-state index in [1.165, 1.54) is 6.07 Å². The van der Waals surface area contributed by atoms with Gasteiger partial charge in [-0.05, 0) is 29.3 Å². The Balaban J connectivity index is 2.84. The first-order chi connectivity index (χ1) is 8.30. The number of hydrogen-bond donors (Lipinski definition) is 0. The Bertz CT molecular complexity index is 752. The van der Waals surface area contributed by atoms with Gasteiger partial charge in [-0.2, -0.15) is 0 Å². The summed E-state index contributed by atoms with van der Waals surface area (Å²) in [6.45, 7) is 0. The molecule has 0 saturated heterocycles. The monoisotopic (exact) mass is 267 g/mol. The molecule has 0 aromatic heterocycles. The topological polar surface area (TPSA) is 123 Å². The summed E-state index contributed by atoms with van der Waals surface area (Å²) < 4.78 is 32.4. The van der Waals surface area contributed by atoms with Crippen molar-refractivity contribution >= 4 is 26.6 Å². The fourth-order valence-electron chi connectivity index (χ4n) is 1.62. The second-order valence-corrected chi connectivity index (χ2v) is 4.89. The number of benzene rings is 2. The van der Waals surface area contributed by atoms with E-state index in [1.54, 1.807) is 0 Å². The first kappa shape index (κ1) is 12.3. The third kappa shape index (κ3) is 1.98. The molecule has 2 aromatic rings. The Hall–Kier alpha value is -2.19. The van der Waals surface area contributed by atoms with Gasteiger partial charge in [0.05, 0.1) is 15.2 Å². The first-order valence-electron chi connectivity index (χ1n) is 4.65. The van der Waals surface area contributed by atoms with Crippen molar-refractivity contribution in [2.24, 2.45) is 0 Å². The highest BCUT2D eigenvalue weighted by atomic mass is 32.2. The maximum absolute atomic E-state index is 11.3. The molecule has 0 bridgehead atoms. The molecule has 2 rings (SSSR count). The van der Waals surface area contributed by atoms with Crippen molar-refractivity contribution in [1.29, 1.82) is 0 Å². The summed E-state index contributed by atoms with van der Waals surface area (Å²) in [5.41, 5.74) is -0.637. The smallest absolute Gasteiger partial charge is 0.269 e. The van der Waals surface area contributed by atoms with Crippen molar-refractivity contribution in [3.05, 3.63) is 40.4 Å². The van der Waals surface area contributed by atoms with Crippen LogP contribution in [0.15, 0.2) is 35.2 Å². The molecule has 0 N–H and O–H groups in total. The van der Waals surface area contributed by atoms with Gasteiger partial charge < -0.3 is 9.66 Å². The molecule has 18 heavy (non-hydrogen) atoms.